The van der Waals surface area contributed by atoms with Crippen molar-refractivity contribution in [1.82, 2.24) is 4.90 Å². The topological polar surface area (TPSA) is 29.3 Å². The Morgan fingerprint density at radius 2 is 2.20 bits per heavy atom. The molecule has 20 heavy (non-hydrogen) atoms. The fraction of sp³-hybridized carbons (Fsp3) is 0.529. The smallest absolute Gasteiger partial charge is 0.128 e. The van der Waals surface area contributed by atoms with Crippen molar-refractivity contribution in [3.8, 4) is 11.8 Å². The molecule has 0 spiro atoms. The molecule has 1 heterocycles. The largest absolute Gasteiger partial charge is 0.320 e. The van der Waals surface area contributed by atoms with Crippen molar-refractivity contribution in [2.75, 3.05) is 19.6 Å². The fourth-order valence-electron chi connectivity index (χ4n) is 2.63. The number of halogens is 1. The molecule has 0 aromatic heterocycles. The minimum atomic E-state index is -0.161. The lowest BCUT2D eigenvalue weighted by molar-refractivity contribution is 0.270. The van der Waals surface area contributed by atoms with Gasteiger partial charge < -0.3 is 5.73 Å². The van der Waals surface area contributed by atoms with Crippen LogP contribution in [0, 0.1) is 23.6 Å². The number of rotatable bonds is 2. The van der Waals surface area contributed by atoms with Crippen molar-refractivity contribution in [2.45, 2.75) is 32.7 Å². The molecular weight excluding hydrogens is 251 g/mol. The van der Waals surface area contributed by atoms with Gasteiger partial charge in [0.15, 0.2) is 0 Å². The predicted molar refractivity (Wildman–Crippen MR) is 80.6 cm³/mol. The van der Waals surface area contributed by atoms with Crippen LogP contribution in [0.5, 0.6) is 0 Å². The van der Waals surface area contributed by atoms with Gasteiger partial charge in [0.1, 0.15) is 5.82 Å². The monoisotopic (exact) mass is 274 g/mol. The molecule has 1 atom stereocenters. The van der Waals surface area contributed by atoms with Crippen LogP contribution >= 0.6 is 0 Å². The second-order valence-corrected chi connectivity index (χ2v) is 5.62. The normalized spacial score (nSPS) is 20.1. The Morgan fingerprint density at radius 3 is 2.95 bits per heavy atom. The molecule has 1 fully saturated rings. The molecule has 3 heteroatoms. The number of nitrogens with two attached hydrogens (primary N) is 1. The van der Waals surface area contributed by atoms with E-state index in [9.17, 15) is 4.39 Å². The number of hydrogen-bond acceptors (Lipinski definition) is 2. The molecule has 1 aromatic rings. The first-order valence-electron chi connectivity index (χ1n) is 7.38. The highest BCUT2D eigenvalue weighted by Gasteiger charge is 2.15. The van der Waals surface area contributed by atoms with Crippen molar-refractivity contribution in [1.29, 1.82) is 0 Å². The Balaban J connectivity index is 2.02. The van der Waals surface area contributed by atoms with E-state index in [4.69, 9.17) is 5.73 Å². The van der Waals surface area contributed by atoms with Gasteiger partial charge >= 0.3 is 0 Å². The quantitative estimate of drug-likeness (QED) is 0.840. The summed E-state index contributed by atoms with van der Waals surface area (Å²) < 4.78 is 14.1. The lowest BCUT2D eigenvalue weighted by Crippen LogP contribution is -2.24. The third-order valence-electron chi connectivity index (χ3n) is 3.89. The molecule has 1 saturated heterocycles. The molecule has 0 amide bonds. The standard InChI is InChI=1S/C17H23FN2/c1-14-4-3-10-20(11-8-14)13-16-7-6-15(5-2-9-19)12-17(16)18/h6-7,12,14H,3-4,8-11,13,19H2,1H3. The summed E-state index contributed by atoms with van der Waals surface area (Å²) in [6, 6.07) is 5.24. The van der Waals surface area contributed by atoms with E-state index >= 15 is 0 Å². The maximum absolute atomic E-state index is 14.1. The van der Waals surface area contributed by atoms with Crippen molar-refractivity contribution >= 4 is 0 Å². The van der Waals surface area contributed by atoms with Crippen LogP contribution < -0.4 is 5.73 Å². The predicted octanol–water partition coefficient (Wildman–Crippen LogP) is 2.76. The van der Waals surface area contributed by atoms with Crippen LogP contribution in [0.1, 0.15) is 37.3 Å². The molecule has 1 aromatic carbocycles. The Hall–Kier alpha value is -1.37. The number of benzene rings is 1. The van der Waals surface area contributed by atoms with Gasteiger partial charge in [0.25, 0.3) is 0 Å². The molecule has 1 aliphatic rings. The van der Waals surface area contributed by atoms with E-state index in [1.807, 2.05) is 12.1 Å². The van der Waals surface area contributed by atoms with E-state index in [1.54, 1.807) is 0 Å². The lowest BCUT2D eigenvalue weighted by Gasteiger charge is -2.20. The van der Waals surface area contributed by atoms with Gasteiger partial charge in [-0.3, -0.25) is 4.90 Å². The summed E-state index contributed by atoms with van der Waals surface area (Å²) in [7, 11) is 0. The molecule has 108 valence electrons. The van der Waals surface area contributed by atoms with Gasteiger partial charge in [0.05, 0.1) is 6.54 Å². The summed E-state index contributed by atoms with van der Waals surface area (Å²) >= 11 is 0. The Bertz CT molecular complexity index is 501. The number of nitrogens with zero attached hydrogens (tertiary/aromatic N) is 1. The van der Waals surface area contributed by atoms with Gasteiger partial charge in [-0.25, -0.2) is 4.39 Å². The summed E-state index contributed by atoms with van der Waals surface area (Å²) in [5.74, 6) is 6.24. The molecule has 1 aliphatic heterocycles. The van der Waals surface area contributed by atoms with E-state index in [1.165, 1.54) is 25.3 Å². The molecule has 2 rings (SSSR count). The molecule has 0 bridgehead atoms. The maximum atomic E-state index is 14.1. The minimum absolute atomic E-state index is 0.161. The Morgan fingerprint density at radius 1 is 1.35 bits per heavy atom. The van der Waals surface area contributed by atoms with E-state index < -0.39 is 0 Å². The third kappa shape index (κ3) is 4.33. The van der Waals surface area contributed by atoms with Crippen LogP contribution in [-0.4, -0.2) is 24.5 Å². The summed E-state index contributed by atoms with van der Waals surface area (Å²) in [6.45, 7) is 5.43. The highest BCUT2D eigenvalue weighted by atomic mass is 19.1. The number of hydrogen-bond donors (Lipinski definition) is 1. The Labute approximate surface area is 121 Å². The van der Waals surface area contributed by atoms with E-state index in [0.29, 0.717) is 18.7 Å². The van der Waals surface area contributed by atoms with Crippen LogP contribution in [0.4, 0.5) is 4.39 Å². The second-order valence-electron chi connectivity index (χ2n) is 5.62. The van der Waals surface area contributed by atoms with Crippen LogP contribution in [0.2, 0.25) is 0 Å². The highest BCUT2D eigenvalue weighted by Crippen LogP contribution is 2.19. The van der Waals surface area contributed by atoms with Crippen molar-refractivity contribution in [3.05, 3.63) is 35.1 Å². The zero-order valence-corrected chi connectivity index (χ0v) is 12.2. The number of likely N-dealkylation sites (tertiary alicyclic amines) is 1. The molecule has 0 saturated carbocycles. The molecule has 0 radical (unpaired) electrons. The van der Waals surface area contributed by atoms with Crippen LogP contribution in [-0.2, 0) is 6.54 Å². The van der Waals surface area contributed by atoms with E-state index in [0.717, 1.165) is 24.6 Å². The summed E-state index contributed by atoms with van der Waals surface area (Å²) in [5.41, 5.74) is 6.78. The minimum Gasteiger partial charge on any atom is -0.320 e. The van der Waals surface area contributed by atoms with Crippen LogP contribution in [0.3, 0.4) is 0 Å². The maximum Gasteiger partial charge on any atom is 0.128 e. The average Bonchev–Trinajstić information content (AvgIpc) is 2.64. The molecule has 1 unspecified atom stereocenters. The van der Waals surface area contributed by atoms with Crippen molar-refractivity contribution in [2.24, 2.45) is 11.7 Å². The van der Waals surface area contributed by atoms with Gasteiger partial charge in [0, 0.05) is 17.7 Å². The van der Waals surface area contributed by atoms with Gasteiger partial charge in [-0.1, -0.05) is 24.8 Å². The van der Waals surface area contributed by atoms with Gasteiger partial charge in [0.2, 0.25) is 0 Å². The van der Waals surface area contributed by atoms with Gasteiger partial charge in [-0.15, -0.1) is 0 Å². The summed E-state index contributed by atoms with van der Waals surface area (Å²) in [4.78, 5) is 2.35. The molecular formula is C17H23FN2. The van der Waals surface area contributed by atoms with Crippen LogP contribution in [0.25, 0.3) is 0 Å². The molecule has 2 N–H and O–H groups in total. The highest BCUT2D eigenvalue weighted by molar-refractivity contribution is 5.37. The van der Waals surface area contributed by atoms with E-state index in [2.05, 4.69) is 23.7 Å². The van der Waals surface area contributed by atoms with E-state index in [-0.39, 0.29) is 5.82 Å². The average molecular weight is 274 g/mol. The second kappa shape index (κ2) is 7.42. The van der Waals surface area contributed by atoms with Gasteiger partial charge in [-0.2, -0.15) is 0 Å². The fourth-order valence-corrected chi connectivity index (χ4v) is 2.63. The lowest BCUT2D eigenvalue weighted by atomic mass is 10.0. The SMILES string of the molecule is CC1CCCN(Cc2ccc(C#CCN)cc2F)CC1. The van der Waals surface area contributed by atoms with Crippen molar-refractivity contribution < 1.29 is 4.39 Å². The summed E-state index contributed by atoms with van der Waals surface area (Å²) in [5, 5.41) is 0. The molecule has 2 nitrogen and oxygen atoms in total. The summed E-state index contributed by atoms with van der Waals surface area (Å²) in [6.07, 6.45) is 3.71. The Kier molecular flexibility index (Phi) is 5.58. The zero-order chi connectivity index (χ0) is 14.4. The first kappa shape index (κ1) is 15.0. The van der Waals surface area contributed by atoms with Crippen molar-refractivity contribution in [3.63, 3.8) is 0 Å². The zero-order valence-electron chi connectivity index (χ0n) is 12.2. The van der Waals surface area contributed by atoms with Gasteiger partial charge in [-0.05, 0) is 50.4 Å². The van der Waals surface area contributed by atoms with Crippen LogP contribution in [0.15, 0.2) is 18.2 Å². The first-order chi connectivity index (χ1) is 9.69. The molecule has 0 aliphatic carbocycles. The first-order valence-corrected chi connectivity index (χ1v) is 7.38. The third-order valence-corrected chi connectivity index (χ3v) is 3.89.